The number of aromatic nitrogens is 2. The molecule has 2 heterocycles. The van der Waals surface area contributed by atoms with Crippen LogP contribution in [0.5, 0.6) is 0 Å². The van der Waals surface area contributed by atoms with Crippen molar-refractivity contribution in [1.29, 1.82) is 0 Å². The van der Waals surface area contributed by atoms with Crippen LogP contribution in [-0.4, -0.2) is 14.2 Å². The van der Waals surface area contributed by atoms with Crippen molar-refractivity contribution < 1.29 is 4.21 Å². The van der Waals surface area contributed by atoms with Crippen molar-refractivity contribution in [3.05, 3.63) is 54.2 Å². The van der Waals surface area contributed by atoms with Crippen LogP contribution < -0.4 is 10.5 Å². The Balaban J connectivity index is 1.77. The largest absolute Gasteiger partial charge is 0.332 e. The van der Waals surface area contributed by atoms with E-state index >= 15 is 0 Å². The number of rotatable bonds is 4. The first-order valence-electron chi connectivity index (χ1n) is 6.11. The lowest BCUT2D eigenvalue weighted by Gasteiger charge is -2.03. The minimum absolute atomic E-state index is 0.595. The molecule has 0 radical (unpaired) electrons. The molecule has 1 aromatic carbocycles. The number of hydrogen-bond acceptors (Lipinski definition) is 5. The summed E-state index contributed by atoms with van der Waals surface area (Å²) in [6.45, 7) is 0. The SMILES string of the molecule is NS(=O)c1ccc(Nc2nc(-c3ccncc3)cs2)cc1. The molecule has 21 heavy (non-hydrogen) atoms. The molecule has 0 aliphatic carbocycles. The highest BCUT2D eigenvalue weighted by Crippen LogP contribution is 2.26. The van der Waals surface area contributed by atoms with Gasteiger partial charge in [0, 0.05) is 29.0 Å². The van der Waals surface area contributed by atoms with E-state index in [2.05, 4.69) is 15.3 Å². The van der Waals surface area contributed by atoms with Crippen LogP contribution in [0.2, 0.25) is 0 Å². The molecule has 0 spiro atoms. The van der Waals surface area contributed by atoms with Crippen LogP contribution in [0.4, 0.5) is 10.8 Å². The quantitative estimate of drug-likeness (QED) is 0.775. The van der Waals surface area contributed by atoms with Crippen LogP contribution in [0.15, 0.2) is 59.1 Å². The van der Waals surface area contributed by atoms with Gasteiger partial charge in [-0.05, 0) is 36.4 Å². The van der Waals surface area contributed by atoms with Crippen molar-refractivity contribution in [3.8, 4) is 11.3 Å². The zero-order valence-corrected chi connectivity index (χ0v) is 12.5. The maximum atomic E-state index is 11.1. The van der Waals surface area contributed by atoms with Crippen LogP contribution in [0, 0.1) is 0 Å². The Bertz CT molecular complexity index is 756. The Morgan fingerprint density at radius 1 is 1.10 bits per heavy atom. The van der Waals surface area contributed by atoms with Gasteiger partial charge in [-0.3, -0.25) is 4.98 Å². The standard InChI is InChI=1S/C14H12N4OS2/c15-21(19)12-3-1-11(2-4-12)17-14-18-13(9-20-14)10-5-7-16-8-6-10/h1-9H,15H2,(H,17,18). The molecule has 0 saturated heterocycles. The second-order valence-electron chi connectivity index (χ2n) is 4.22. The highest BCUT2D eigenvalue weighted by Gasteiger charge is 2.05. The number of benzene rings is 1. The van der Waals surface area contributed by atoms with Crippen molar-refractivity contribution in [2.75, 3.05) is 5.32 Å². The van der Waals surface area contributed by atoms with Crippen molar-refractivity contribution >= 4 is 33.1 Å². The van der Waals surface area contributed by atoms with Gasteiger partial charge in [-0.1, -0.05) is 0 Å². The minimum atomic E-state index is -1.45. The second-order valence-corrected chi connectivity index (χ2v) is 6.14. The number of nitrogens with two attached hydrogens (primary N) is 1. The number of nitrogens with zero attached hydrogens (tertiary/aromatic N) is 2. The Morgan fingerprint density at radius 2 is 1.81 bits per heavy atom. The summed E-state index contributed by atoms with van der Waals surface area (Å²) >= 11 is 1.52. The van der Waals surface area contributed by atoms with Crippen molar-refractivity contribution in [2.24, 2.45) is 5.14 Å². The summed E-state index contributed by atoms with van der Waals surface area (Å²) in [5, 5.41) is 11.3. The molecule has 2 aromatic heterocycles. The predicted molar refractivity (Wildman–Crippen MR) is 85.7 cm³/mol. The molecule has 0 aliphatic rings. The zero-order valence-electron chi connectivity index (χ0n) is 10.9. The molecule has 0 amide bonds. The van der Waals surface area contributed by atoms with E-state index in [-0.39, 0.29) is 0 Å². The van der Waals surface area contributed by atoms with E-state index in [4.69, 9.17) is 5.14 Å². The van der Waals surface area contributed by atoms with E-state index in [1.54, 1.807) is 24.5 Å². The van der Waals surface area contributed by atoms with E-state index in [9.17, 15) is 4.21 Å². The molecule has 7 heteroatoms. The molecule has 1 atom stereocenters. The number of thiazole rings is 1. The lowest BCUT2D eigenvalue weighted by Crippen LogP contribution is -2.02. The van der Waals surface area contributed by atoms with E-state index in [1.165, 1.54) is 11.3 Å². The molecule has 1 unspecified atom stereocenters. The average molecular weight is 316 g/mol. The molecule has 0 bridgehead atoms. The predicted octanol–water partition coefficient (Wildman–Crippen LogP) is 2.93. The van der Waals surface area contributed by atoms with Crippen LogP contribution in [0.25, 0.3) is 11.3 Å². The van der Waals surface area contributed by atoms with Crippen LogP contribution in [0.3, 0.4) is 0 Å². The average Bonchev–Trinajstić information content (AvgIpc) is 2.97. The van der Waals surface area contributed by atoms with Gasteiger partial charge in [-0.15, -0.1) is 11.3 Å². The number of anilines is 2. The van der Waals surface area contributed by atoms with E-state index < -0.39 is 11.0 Å². The highest BCUT2D eigenvalue weighted by atomic mass is 32.2. The fraction of sp³-hybridized carbons (Fsp3) is 0. The normalized spacial score (nSPS) is 12.0. The monoisotopic (exact) mass is 316 g/mol. The fourth-order valence-electron chi connectivity index (χ4n) is 1.78. The van der Waals surface area contributed by atoms with Gasteiger partial charge in [0.15, 0.2) is 5.13 Å². The van der Waals surface area contributed by atoms with Gasteiger partial charge in [-0.2, -0.15) is 0 Å². The summed E-state index contributed by atoms with van der Waals surface area (Å²) in [7, 11) is -1.45. The third-order valence-electron chi connectivity index (χ3n) is 2.82. The lowest BCUT2D eigenvalue weighted by molar-refractivity contribution is 0.684. The highest BCUT2D eigenvalue weighted by molar-refractivity contribution is 7.82. The van der Waals surface area contributed by atoms with Crippen molar-refractivity contribution in [3.63, 3.8) is 0 Å². The summed E-state index contributed by atoms with van der Waals surface area (Å²) in [6, 6.07) is 11.0. The van der Waals surface area contributed by atoms with Crippen molar-refractivity contribution in [1.82, 2.24) is 9.97 Å². The summed E-state index contributed by atoms with van der Waals surface area (Å²) in [4.78, 5) is 9.12. The van der Waals surface area contributed by atoms with E-state index in [0.29, 0.717) is 4.90 Å². The third kappa shape index (κ3) is 3.33. The first-order valence-corrected chi connectivity index (χ1v) is 8.21. The number of pyridine rings is 1. The first kappa shape index (κ1) is 13.9. The van der Waals surface area contributed by atoms with Crippen molar-refractivity contribution in [2.45, 2.75) is 4.90 Å². The van der Waals surface area contributed by atoms with E-state index in [1.807, 2.05) is 29.6 Å². The van der Waals surface area contributed by atoms with Crippen LogP contribution >= 0.6 is 11.3 Å². The minimum Gasteiger partial charge on any atom is -0.332 e. The topological polar surface area (TPSA) is 80.9 Å². The molecule has 0 saturated carbocycles. The van der Waals surface area contributed by atoms with Gasteiger partial charge >= 0.3 is 0 Å². The molecule has 3 N–H and O–H groups in total. The maximum absolute atomic E-state index is 11.1. The van der Waals surface area contributed by atoms with Gasteiger partial charge < -0.3 is 5.32 Å². The molecular weight excluding hydrogens is 304 g/mol. The Morgan fingerprint density at radius 3 is 2.48 bits per heavy atom. The molecular formula is C14H12N4OS2. The summed E-state index contributed by atoms with van der Waals surface area (Å²) in [6.07, 6.45) is 3.49. The van der Waals surface area contributed by atoms with Crippen LogP contribution in [-0.2, 0) is 11.0 Å². The Hall–Kier alpha value is -2.09. The van der Waals surface area contributed by atoms with Gasteiger partial charge in [0.2, 0.25) is 0 Å². The molecule has 3 aromatic rings. The number of nitrogens with one attached hydrogen (secondary N) is 1. The molecule has 106 valence electrons. The maximum Gasteiger partial charge on any atom is 0.187 e. The molecule has 5 nitrogen and oxygen atoms in total. The van der Waals surface area contributed by atoms with Crippen LogP contribution in [0.1, 0.15) is 0 Å². The van der Waals surface area contributed by atoms with E-state index in [0.717, 1.165) is 22.1 Å². The van der Waals surface area contributed by atoms with Gasteiger partial charge in [-0.25, -0.2) is 14.3 Å². The second kappa shape index (κ2) is 6.13. The lowest BCUT2D eigenvalue weighted by atomic mass is 10.2. The Labute approximate surface area is 128 Å². The summed E-state index contributed by atoms with van der Waals surface area (Å²) in [5.74, 6) is 0. The fourth-order valence-corrected chi connectivity index (χ4v) is 2.93. The smallest absolute Gasteiger partial charge is 0.187 e. The zero-order chi connectivity index (χ0) is 14.7. The molecule has 0 aliphatic heterocycles. The summed E-state index contributed by atoms with van der Waals surface area (Å²) < 4.78 is 11.1. The van der Waals surface area contributed by atoms with Gasteiger partial charge in [0.1, 0.15) is 11.0 Å². The Kier molecular flexibility index (Phi) is 4.05. The number of hydrogen-bond donors (Lipinski definition) is 2. The first-order chi connectivity index (χ1) is 10.2. The molecule has 3 rings (SSSR count). The molecule has 0 fully saturated rings. The van der Waals surface area contributed by atoms with Gasteiger partial charge in [0.25, 0.3) is 0 Å². The van der Waals surface area contributed by atoms with Gasteiger partial charge in [0.05, 0.1) is 10.6 Å². The third-order valence-corrected chi connectivity index (χ3v) is 4.31. The summed E-state index contributed by atoms with van der Waals surface area (Å²) in [5.41, 5.74) is 2.81.